The molecule has 0 saturated heterocycles. The standard InChI is InChI=1S/C20H24N6O2S/c1-13-6-5-7-15(12-13)17-23-24-19(29)26(17)11-8-16(27)22-20(9-3-4-10-20)18-21-14(2)28-25-18/h5-7,12H,3-4,8-11H2,1-2H3,(H,22,27)(H,24,29). The third-order valence-electron chi connectivity index (χ3n) is 5.39. The lowest BCUT2D eigenvalue weighted by Crippen LogP contribution is -2.44. The molecule has 1 aliphatic carbocycles. The van der Waals surface area contributed by atoms with Crippen molar-refractivity contribution < 1.29 is 9.32 Å². The first kappa shape index (κ1) is 19.5. The molecule has 29 heavy (non-hydrogen) atoms. The SMILES string of the molecule is Cc1cccc(-c2n[nH]c(=S)n2CCC(=O)NC2(c3noc(C)n3)CCCC2)c1. The normalized spacial score (nSPS) is 15.5. The monoisotopic (exact) mass is 412 g/mol. The van der Waals surface area contributed by atoms with Crippen LogP contribution < -0.4 is 5.32 Å². The lowest BCUT2D eigenvalue weighted by Gasteiger charge is -2.26. The lowest BCUT2D eigenvalue weighted by molar-refractivity contribution is -0.123. The van der Waals surface area contributed by atoms with Gasteiger partial charge in [-0.15, -0.1) is 0 Å². The summed E-state index contributed by atoms with van der Waals surface area (Å²) in [5, 5.41) is 14.4. The van der Waals surface area contributed by atoms with Crippen molar-refractivity contribution in [3.63, 3.8) is 0 Å². The average molecular weight is 413 g/mol. The molecular formula is C20H24N6O2S. The second kappa shape index (κ2) is 7.90. The van der Waals surface area contributed by atoms with Gasteiger partial charge in [-0.1, -0.05) is 41.8 Å². The smallest absolute Gasteiger partial charge is 0.223 e. The summed E-state index contributed by atoms with van der Waals surface area (Å²) in [6, 6.07) is 8.05. The predicted molar refractivity (Wildman–Crippen MR) is 110 cm³/mol. The number of carbonyl (C=O) groups excluding carboxylic acids is 1. The Bertz CT molecular complexity index is 1080. The summed E-state index contributed by atoms with van der Waals surface area (Å²) >= 11 is 5.38. The second-order valence-electron chi connectivity index (χ2n) is 7.60. The number of nitrogens with one attached hydrogen (secondary N) is 2. The van der Waals surface area contributed by atoms with Gasteiger partial charge in [-0.3, -0.25) is 14.5 Å². The number of aromatic amines is 1. The summed E-state index contributed by atoms with van der Waals surface area (Å²) < 4.78 is 7.51. The summed E-state index contributed by atoms with van der Waals surface area (Å²) in [6.45, 7) is 4.23. The van der Waals surface area contributed by atoms with Crippen molar-refractivity contribution in [2.75, 3.05) is 0 Å². The van der Waals surface area contributed by atoms with Crippen LogP contribution in [-0.4, -0.2) is 30.8 Å². The van der Waals surface area contributed by atoms with E-state index in [1.54, 1.807) is 6.92 Å². The van der Waals surface area contributed by atoms with Gasteiger partial charge < -0.3 is 9.84 Å². The number of benzene rings is 1. The van der Waals surface area contributed by atoms with Crippen molar-refractivity contribution in [2.24, 2.45) is 0 Å². The molecular weight excluding hydrogens is 388 g/mol. The molecule has 0 unspecified atom stereocenters. The van der Waals surface area contributed by atoms with Gasteiger partial charge in [-0.25, -0.2) is 0 Å². The number of H-pyrrole nitrogens is 1. The number of rotatable bonds is 6. The fourth-order valence-electron chi connectivity index (χ4n) is 3.95. The first-order valence-electron chi connectivity index (χ1n) is 9.81. The van der Waals surface area contributed by atoms with Crippen LogP contribution in [0.1, 0.15) is 49.4 Å². The Morgan fingerprint density at radius 1 is 1.34 bits per heavy atom. The molecule has 0 radical (unpaired) electrons. The van der Waals surface area contributed by atoms with Crippen LogP contribution in [0.15, 0.2) is 28.8 Å². The van der Waals surface area contributed by atoms with Gasteiger partial charge in [-0.2, -0.15) is 10.1 Å². The first-order chi connectivity index (χ1) is 14.0. The van der Waals surface area contributed by atoms with Crippen molar-refractivity contribution in [2.45, 2.75) is 58.0 Å². The highest BCUT2D eigenvalue weighted by atomic mass is 32.1. The molecule has 1 fully saturated rings. The van der Waals surface area contributed by atoms with E-state index in [4.69, 9.17) is 16.7 Å². The molecule has 1 aliphatic rings. The van der Waals surface area contributed by atoms with E-state index >= 15 is 0 Å². The largest absolute Gasteiger partial charge is 0.343 e. The van der Waals surface area contributed by atoms with Crippen LogP contribution in [0.3, 0.4) is 0 Å². The zero-order valence-electron chi connectivity index (χ0n) is 16.6. The van der Waals surface area contributed by atoms with Crippen LogP contribution in [0.5, 0.6) is 0 Å². The molecule has 0 bridgehead atoms. The van der Waals surface area contributed by atoms with Crippen LogP contribution in [0.4, 0.5) is 0 Å². The average Bonchev–Trinajstić information content (AvgIpc) is 3.41. The van der Waals surface area contributed by atoms with Crippen LogP contribution in [-0.2, 0) is 16.9 Å². The maximum absolute atomic E-state index is 12.8. The Hall–Kier alpha value is -2.81. The number of hydrogen-bond acceptors (Lipinski definition) is 6. The number of carbonyl (C=O) groups is 1. The van der Waals surface area contributed by atoms with Crippen molar-refractivity contribution in [1.82, 2.24) is 30.2 Å². The van der Waals surface area contributed by atoms with Gasteiger partial charge in [0.2, 0.25) is 11.8 Å². The Morgan fingerprint density at radius 3 is 2.83 bits per heavy atom. The zero-order chi connectivity index (χ0) is 20.4. The Kier molecular flexibility index (Phi) is 5.31. The van der Waals surface area contributed by atoms with Crippen molar-refractivity contribution in [3.05, 3.63) is 46.3 Å². The number of hydrogen-bond donors (Lipinski definition) is 2. The molecule has 152 valence electrons. The Morgan fingerprint density at radius 2 is 2.14 bits per heavy atom. The number of aryl methyl sites for hydroxylation is 2. The number of aromatic nitrogens is 5. The van der Waals surface area contributed by atoms with Crippen LogP contribution in [0, 0.1) is 18.6 Å². The minimum Gasteiger partial charge on any atom is -0.343 e. The van der Waals surface area contributed by atoms with Gasteiger partial charge in [0.1, 0.15) is 5.54 Å². The summed E-state index contributed by atoms with van der Waals surface area (Å²) in [7, 11) is 0. The van der Waals surface area contributed by atoms with E-state index in [1.165, 1.54) is 0 Å². The molecule has 4 rings (SSSR count). The molecule has 1 aromatic carbocycles. The quantitative estimate of drug-likeness (QED) is 0.600. The highest BCUT2D eigenvalue weighted by Gasteiger charge is 2.41. The van der Waals surface area contributed by atoms with Gasteiger partial charge in [0, 0.05) is 25.5 Å². The Labute approximate surface area is 173 Å². The van der Waals surface area contributed by atoms with E-state index in [-0.39, 0.29) is 12.3 Å². The first-order valence-corrected chi connectivity index (χ1v) is 10.2. The molecule has 0 aliphatic heterocycles. The number of amides is 1. The molecule has 9 heteroatoms. The summed E-state index contributed by atoms with van der Waals surface area (Å²) in [4.78, 5) is 17.2. The predicted octanol–water partition coefficient (Wildman–Crippen LogP) is 3.58. The maximum Gasteiger partial charge on any atom is 0.223 e. The van der Waals surface area contributed by atoms with Gasteiger partial charge >= 0.3 is 0 Å². The fourth-order valence-corrected chi connectivity index (χ4v) is 4.17. The minimum atomic E-state index is -0.536. The van der Waals surface area contributed by atoms with Crippen molar-refractivity contribution >= 4 is 18.1 Å². The third-order valence-corrected chi connectivity index (χ3v) is 5.70. The molecule has 2 N–H and O–H groups in total. The highest BCUT2D eigenvalue weighted by Crippen LogP contribution is 2.37. The minimum absolute atomic E-state index is 0.0624. The summed E-state index contributed by atoms with van der Waals surface area (Å²) in [5.74, 6) is 1.75. The molecule has 0 spiro atoms. The Balaban J connectivity index is 1.49. The molecule has 1 saturated carbocycles. The lowest BCUT2D eigenvalue weighted by atomic mass is 9.96. The van der Waals surface area contributed by atoms with Crippen LogP contribution in [0.2, 0.25) is 0 Å². The molecule has 8 nitrogen and oxygen atoms in total. The van der Waals surface area contributed by atoms with Crippen molar-refractivity contribution in [3.8, 4) is 11.4 Å². The molecule has 1 amide bonds. The fraction of sp³-hybridized carbons (Fsp3) is 0.450. The van der Waals surface area contributed by atoms with E-state index in [0.717, 1.165) is 42.6 Å². The third kappa shape index (κ3) is 4.00. The van der Waals surface area contributed by atoms with E-state index in [2.05, 4.69) is 25.7 Å². The zero-order valence-corrected chi connectivity index (χ0v) is 17.4. The van der Waals surface area contributed by atoms with Crippen molar-refractivity contribution in [1.29, 1.82) is 0 Å². The summed E-state index contributed by atoms with van der Waals surface area (Å²) in [5.41, 5.74) is 1.57. The topological polar surface area (TPSA) is 102 Å². The molecule has 2 heterocycles. The van der Waals surface area contributed by atoms with E-state index in [9.17, 15) is 4.79 Å². The molecule has 2 aromatic heterocycles. The molecule has 0 atom stereocenters. The highest BCUT2D eigenvalue weighted by molar-refractivity contribution is 7.71. The maximum atomic E-state index is 12.8. The summed E-state index contributed by atoms with van der Waals surface area (Å²) in [6.07, 6.45) is 3.97. The molecule has 3 aromatic rings. The van der Waals surface area contributed by atoms with Gasteiger partial charge in [0.05, 0.1) is 0 Å². The number of nitrogens with zero attached hydrogens (tertiary/aromatic N) is 4. The van der Waals surface area contributed by atoms with Crippen LogP contribution in [0.25, 0.3) is 11.4 Å². The van der Waals surface area contributed by atoms with E-state index in [1.807, 2.05) is 35.8 Å². The van der Waals surface area contributed by atoms with Gasteiger partial charge in [0.25, 0.3) is 0 Å². The van der Waals surface area contributed by atoms with Gasteiger partial charge in [-0.05, 0) is 38.0 Å². The van der Waals surface area contributed by atoms with E-state index < -0.39 is 5.54 Å². The van der Waals surface area contributed by atoms with E-state index in [0.29, 0.717) is 23.0 Å². The van der Waals surface area contributed by atoms with Crippen LogP contribution >= 0.6 is 12.2 Å². The second-order valence-corrected chi connectivity index (χ2v) is 7.98. The van der Waals surface area contributed by atoms with Gasteiger partial charge in [0.15, 0.2) is 16.4 Å².